The van der Waals surface area contributed by atoms with E-state index < -0.39 is 0 Å². The molecular weight excluding hydrogens is 490 g/mol. The second-order valence-electron chi connectivity index (χ2n) is 10.1. The molecule has 4 heteroatoms. The highest BCUT2D eigenvalue weighted by atomic mass is 16.4. The Balaban J connectivity index is 1.58. The second-order valence-corrected chi connectivity index (χ2v) is 10.1. The highest BCUT2D eigenvalue weighted by Gasteiger charge is 2.28. The van der Waals surface area contributed by atoms with Gasteiger partial charge in [-0.15, -0.1) is 0 Å². The summed E-state index contributed by atoms with van der Waals surface area (Å²) in [6.45, 7) is 2.12. The molecule has 0 spiro atoms. The predicted octanol–water partition coefficient (Wildman–Crippen LogP) is 9.33. The van der Waals surface area contributed by atoms with E-state index in [1.165, 1.54) is 0 Å². The van der Waals surface area contributed by atoms with Gasteiger partial charge in [0.2, 0.25) is 11.7 Å². The van der Waals surface area contributed by atoms with Gasteiger partial charge in [0.1, 0.15) is 5.76 Å². The fourth-order valence-electron chi connectivity index (χ4n) is 5.89. The van der Waals surface area contributed by atoms with Crippen molar-refractivity contribution in [2.45, 2.75) is 6.92 Å². The summed E-state index contributed by atoms with van der Waals surface area (Å²) in [4.78, 5) is 5.21. The lowest BCUT2D eigenvalue weighted by Gasteiger charge is -2.09. The Bertz CT molecular complexity index is 2150. The van der Waals surface area contributed by atoms with E-state index in [1.807, 2.05) is 6.07 Å². The maximum Gasteiger partial charge on any atom is 0.223 e. The summed E-state index contributed by atoms with van der Waals surface area (Å²) in [7, 11) is 0. The van der Waals surface area contributed by atoms with Gasteiger partial charge in [0.05, 0.1) is 27.6 Å². The van der Waals surface area contributed by atoms with Crippen LogP contribution in [0.1, 0.15) is 5.56 Å². The zero-order valence-corrected chi connectivity index (χ0v) is 22.0. The van der Waals surface area contributed by atoms with Gasteiger partial charge in [0, 0.05) is 11.1 Å². The number of aryl methyl sites for hydroxylation is 1. The van der Waals surface area contributed by atoms with E-state index in [-0.39, 0.29) is 0 Å². The topological polar surface area (TPSA) is 35.4 Å². The summed E-state index contributed by atoms with van der Waals surface area (Å²) in [5.74, 6) is 2.42. The van der Waals surface area contributed by atoms with Gasteiger partial charge in [0.25, 0.3) is 0 Å². The highest BCUT2D eigenvalue weighted by molar-refractivity contribution is 5.99. The van der Waals surface area contributed by atoms with E-state index >= 15 is 0 Å². The minimum absolute atomic E-state index is 0.753. The van der Waals surface area contributed by atoms with Crippen molar-refractivity contribution in [2.75, 3.05) is 0 Å². The van der Waals surface area contributed by atoms with Crippen molar-refractivity contribution in [3.8, 4) is 39.5 Å². The maximum absolute atomic E-state index is 7.04. The third-order valence-corrected chi connectivity index (χ3v) is 7.69. The van der Waals surface area contributed by atoms with Crippen molar-refractivity contribution < 1.29 is 4.42 Å². The molecule has 5 aromatic carbocycles. The van der Waals surface area contributed by atoms with Crippen molar-refractivity contribution in [2.24, 2.45) is 0 Å². The molecule has 4 nitrogen and oxygen atoms in total. The van der Waals surface area contributed by atoms with Gasteiger partial charge in [0.15, 0.2) is 0 Å². The molecule has 0 aliphatic carbocycles. The van der Waals surface area contributed by atoms with Crippen LogP contribution in [-0.4, -0.2) is 14.0 Å². The zero-order valence-electron chi connectivity index (χ0n) is 22.0. The lowest BCUT2D eigenvalue weighted by Crippen LogP contribution is -1.96. The molecule has 0 N–H and O–H groups in total. The molecule has 0 aliphatic rings. The molecule has 3 heterocycles. The first-order valence-electron chi connectivity index (χ1n) is 13.5. The molecular formula is C36H25N3O. The van der Waals surface area contributed by atoms with E-state index in [1.54, 1.807) is 0 Å². The molecule has 0 aliphatic heterocycles. The van der Waals surface area contributed by atoms with Gasteiger partial charge < -0.3 is 4.42 Å². The van der Waals surface area contributed by atoms with Crippen molar-refractivity contribution >= 4 is 27.8 Å². The van der Waals surface area contributed by atoms with Crippen LogP contribution in [-0.2, 0) is 0 Å². The van der Waals surface area contributed by atoms with Crippen LogP contribution in [0, 0.1) is 6.92 Å². The van der Waals surface area contributed by atoms with E-state index in [0.29, 0.717) is 0 Å². The minimum atomic E-state index is 0.753. The Kier molecular flexibility index (Phi) is 5.01. The first-order valence-corrected chi connectivity index (χ1v) is 13.5. The van der Waals surface area contributed by atoms with Gasteiger partial charge >= 0.3 is 0 Å². The number of para-hydroxylation sites is 3. The third kappa shape index (κ3) is 3.29. The van der Waals surface area contributed by atoms with Crippen LogP contribution in [0.15, 0.2) is 138 Å². The Labute approximate surface area is 231 Å². The normalized spacial score (nSPS) is 11.6. The van der Waals surface area contributed by atoms with Crippen LogP contribution in [0.5, 0.6) is 0 Å². The molecule has 0 atom stereocenters. The van der Waals surface area contributed by atoms with E-state index in [9.17, 15) is 0 Å². The first kappa shape index (κ1) is 22.6. The molecule has 8 aromatic rings. The Morgan fingerprint density at radius 2 is 1.07 bits per heavy atom. The Hall–Kier alpha value is -5.35. The summed E-state index contributed by atoms with van der Waals surface area (Å²) in [6.07, 6.45) is 0. The second kappa shape index (κ2) is 8.85. The van der Waals surface area contributed by atoms with Crippen LogP contribution in [0.2, 0.25) is 0 Å². The Morgan fingerprint density at radius 1 is 0.525 bits per heavy atom. The number of aromatic nitrogens is 3. The average molecular weight is 516 g/mol. The molecule has 0 radical (unpaired) electrons. The standard InChI is InChI=1S/C36H25N3O/c1-24-14-13-23-30-33(24)37-36-38(30)28-21-11-12-22-29(28)39(36)35-32(26-17-7-3-8-18-26)31(25-15-5-2-6-16-25)34(40-35)27-19-9-4-10-20-27/h2-23H,1H3. The summed E-state index contributed by atoms with van der Waals surface area (Å²) in [6, 6.07) is 46.3. The fraction of sp³-hybridized carbons (Fsp3) is 0.0278. The number of rotatable bonds is 4. The van der Waals surface area contributed by atoms with E-state index in [0.717, 1.165) is 72.9 Å². The van der Waals surface area contributed by atoms with Gasteiger partial charge in [-0.3, -0.25) is 4.40 Å². The van der Waals surface area contributed by atoms with Crippen molar-refractivity contribution in [3.63, 3.8) is 0 Å². The molecule has 8 rings (SSSR count). The number of benzene rings is 5. The minimum Gasteiger partial charge on any atom is -0.438 e. The third-order valence-electron chi connectivity index (χ3n) is 7.69. The van der Waals surface area contributed by atoms with Crippen molar-refractivity contribution in [1.29, 1.82) is 0 Å². The van der Waals surface area contributed by atoms with Crippen LogP contribution in [0.25, 0.3) is 67.3 Å². The fourth-order valence-corrected chi connectivity index (χ4v) is 5.89. The lowest BCUT2D eigenvalue weighted by atomic mass is 9.94. The molecule has 0 saturated heterocycles. The molecule has 3 aromatic heterocycles. The number of hydrogen-bond acceptors (Lipinski definition) is 2. The summed E-state index contributed by atoms with van der Waals surface area (Å²) in [5, 5.41) is 0. The largest absolute Gasteiger partial charge is 0.438 e. The molecule has 0 bridgehead atoms. The van der Waals surface area contributed by atoms with Gasteiger partial charge in [-0.1, -0.05) is 115 Å². The highest BCUT2D eigenvalue weighted by Crippen LogP contribution is 2.47. The summed E-state index contributed by atoms with van der Waals surface area (Å²) >= 11 is 0. The lowest BCUT2D eigenvalue weighted by molar-refractivity contribution is 0.560. The van der Waals surface area contributed by atoms with E-state index in [4.69, 9.17) is 9.40 Å². The molecule has 40 heavy (non-hydrogen) atoms. The van der Waals surface area contributed by atoms with Crippen LogP contribution in [0.4, 0.5) is 0 Å². The molecule has 0 fully saturated rings. The summed E-state index contributed by atoms with van der Waals surface area (Å²) in [5.41, 5.74) is 10.7. The maximum atomic E-state index is 7.04. The number of nitrogens with zero attached hydrogens (tertiary/aromatic N) is 3. The smallest absolute Gasteiger partial charge is 0.223 e. The SMILES string of the molecule is Cc1cccc2c1nc1n(-c3oc(-c4ccccc4)c(-c4ccccc4)c3-c3ccccc3)c3ccccc3n21. The van der Waals surface area contributed by atoms with Gasteiger partial charge in [-0.25, -0.2) is 9.55 Å². The monoisotopic (exact) mass is 515 g/mol. The van der Waals surface area contributed by atoms with Crippen LogP contribution < -0.4 is 0 Å². The molecule has 0 saturated carbocycles. The number of fused-ring (bicyclic) bond motifs is 5. The van der Waals surface area contributed by atoms with Gasteiger partial charge in [-0.05, 0) is 41.8 Å². The predicted molar refractivity (Wildman–Crippen MR) is 163 cm³/mol. The first-order chi connectivity index (χ1) is 19.8. The number of hydrogen-bond donors (Lipinski definition) is 0. The Morgan fingerprint density at radius 3 is 1.75 bits per heavy atom. The van der Waals surface area contributed by atoms with Crippen LogP contribution >= 0.6 is 0 Å². The number of imidazole rings is 2. The molecule has 0 amide bonds. The zero-order chi connectivity index (χ0) is 26.6. The molecule has 0 unspecified atom stereocenters. The quantitative estimate of drug-likeness (QED) is 0.234. The van der Waals surface area contributed by atoms with Crippen molar-refractivity contribution in [3.05, 3.63) is 139 Å². The van der Waals surface area contributed by atoms with Crippen LogP contribution in [0.3, 0.4) is 0 Å². The average Bonchev–Trinajstić information content (AvgIpc) is 3.68. The summed E-state index contributed by atoms with van der Waals surface area (Å²) < 4.78 is 11.5. The number of furan rings is 1. The van der Waals surface area contributed by atoms with E-state index in [2.05, 4.69) is 143 Å². The molecule has 190 valence electrons. The van der Waals surface area contributed by atoms with Crippen molar-refractivity contribution in [1.82, 2.24) is 14.0 Å². The van der Waals surface area contributed by atoms with Gasteiger partial charge in [-0.2, -0.15) is 0 Å².